The molecule has 9 nitrogen and oxygen atoms in total. The Bertz CT molecular complexity index is 1690. The van der Waals surface area contributed by atoms with Crippen molar-refractivity contribution in [1.82, 2.24) is 4.90 Å². The Morgan fingerprint density at radius 2 is 1.57 bits per heavy atom. The van der Waals surface area contributed by atoms with E-state index < -0.39 is 11.8 Å². The molecule has 336 valence electrons. The molecule has 0 bridgehead atoms. The number of amides is 1. The fraction of sp³-hybridized carbons (Fsp3) is 0.615. The summed E-state index contributed by atoms with van der Waals surface area (Å²) in [6, 6.07) is 15.6. The average molecular weight is 841 g/mol. The van der Waals surface area contributed by atoms with Crippen LogP contribution in [0.1, 0.15) is 146 Å². The second-order valence-electron chi connectivity index (χ2n) is 17.3. The van der Waals surface area contributed by atoms with Gasteiger partial charge in [-0.25, -0.2) is 0 Å². The molecule has 2 N–H and O–H groups in total. The van der Waals surface area contributed by atoms with E-state index in [1.165, 1.54) is 38.5 Å². The highest BCUT2D eigenvalue weighted by molar-refractivity contribution is 6.03. The van der Waals surface area contributed by atoms with Gasteiger partial charge in [0.25, 0.3) is 0 Å². The standard InChI is InChI=1S/C52H76N2O7/c1-5-9-10-11-12-13-14-15-19-28-49(57)54(31-6-2)48-38-46(53-60-39-40-24-17-16-18-25-40)44-36-41(26-20-22-32-55)43(27-21-23-33-56)50-45-37-42(58-34-7-3)29-30-47(45)61-52(48,51(44)50)59-35-8-4/h7-8,16-18,24-25,29-30,36-37,41,43,48,50-51,55-56H,3-6,9-15,19-23,26-28,31-35,38-39H2,1-2H3. The molecular weight excluding hydrogens is 765 g/mol. The topological polar surface area (TPSA) is 110 Å². The molecule has 9 heteroatoms. The number of ether oxygens (including phenoxy) is 3. The van der Waals surface area contributed by atoms with Gasteiger partial charge in [0.1, 0.15) is 30.8 Å². The first kappa shape index (κ1) is 48.1. The highest BCUT2D eigenvalue weighted by Gasteiger charge is 2.65. The Hall–Kier alpha value is -3.92. The predicted molar refractivity (Wildman–Crippen MR) is 246 cm³/mol. The fourth-order valence-electron chi connectivity index (χ4n) is 10.1. The lowest BCUT2D eigenvalue weighted by atomic mass is 9.55. The first-order valence-corrected chi connectivity index (χ1v) is 23.7. The van der Waals surface area contributed by atoms with E-state index >= 15 is 0 Å². The molecule has 0 spiro atoms. The van der Waals surface area contributed by atoms with Crippen LogP contribution in [0.15, 0.2) is 90.6 Å². The van der Waals surface area contributed by atoms with Gasteiger partial charge in [0.2, 0.25) is 11.7 Å². The maximum Gasteiger partial charge on any atom is 0.239 e. The second-order valence-corrected chi connectivity index (χ2v) is 17.3. The summed E-state index contributed by atoms with van der Waals surface area (Å²) in [5.74, 6) is 0.173. The van der Waals surface area contributed by atoms with Crippen molar-refractivity contribution in [2.75, 3.05) is 33.0 Å². The van der Waals surface area contributed by atoms with Gasteiger partial charge in [-0.2, -0.15) is 0 Å². The van der Waals surface area contributed by atoms with Crippen LogP contribution >= 0.6 is 0 Å². The summed E-state index contributed by atoms with van der Waals surface area (Å²) in [5, 5.41) is 24.8. The second kappa shape index (κ2) is 25.9. The number of fused-ring (bicyclic) bond motifs is 2. The number of oxime groups is 1. The van der Waals surface area contributed by atoms with Crippen LogP contribution in [0.5, 0.6) is 11.5 Å². The van der Waals surface area contributed by atoms with Crippen molar-refractivity contribution in [2.45, 2.75) is 154 Å². The molecule has 1 amide bonds. The van der Waals surface area contributed by atoms with Gasteiger partial charge in [-0.15, -0.1) is 6.58 Å². The normalized spacial score (nSPS) is 23.3. The summed E-state index contributed by atoms with van der Waals surface area (Å²) in [7, 11) is 0. The summed E-state index contributed by atoms with van der Waals surface area (Å²) >= 11 is 0. The van der Waals surface area contributed by atoms with E-state index in [1.54, 1.807) is 12.2 Å². The minimum atomic E-state index is -1.26. The van der Waals surface area contributed by atoms with Gasteiger partial charge in [-0.3, -0.25) is 4.79 Å². The van der Waals surface area contributed by atoms with Gasteiger partial charge in [0.05, 0.1) is 18.2 Å². The monoisotopic (exact) mass is 841 g/mol. The third-order valence-electron chi connectivity index (χ3n) is 12.9. The zero-order chi connectivity index (χ0) is 43.3. The average Bonchev–Trinajstić information content (AvgIpc) is 3.28. The van der Waals surface area contributed by atoms with Crippen LogP contribution in [0, 0.1) is 17.8 Å². The summed E-state index contributed by atoms with van der Waals surface area (Å²) in [5.41, 5.74) is 3.92. The SMILES string of the molecule is C=CCOc1ccc2c(c1)C1C(CCCCO)C(CCCCO)C=C3C(=NOCc4ccccc4)CC(N(CCC)C(=O)CCCCCCCCCCC)C(OCC=C)(O2)C31. The van der Waals surface area contributed by atoms with Crippen molar-refractivity contribution in [3.05, 3.63) is 96.6 Å². The Balaban J connectivity index is 1.63. The quantitative estimate of drug-likeness (QED) is 0.0458. The molecule has 0 aromatic heterocycles. The van der Waals surface area contributed by atoms with E-state index in [0.29, 0.717) is 39.0 Å². The van der Waals surface area contributed by atoms with Gasteiger partial charge in [-0.05, 0) is 79.7 Å². The van der Waals surface area contributed by atoms with Crippen molar-refractivity contribution in [3.63, 3.8) is 0 Å². The smallest absolute Gasteiger partial charge is 0.239 e. The molecule has 6 atom stereocenters. The van der Waals surface area contributed by atoms with E-state index in [-0.39, 0.29) is 49.4 Å². The number of allylic oxidation sites excluding steroid dienone is 1. The van der Waals surface area contributed by atoms with E-state index in [4.69, 9.17) is 24.2 Å². The number of hydrogen-bond acceptors (Lipinski definition) is 8. The number of aliphatic hydroxyl groups excluding tert-OH is 2. The third kappa shape index (κ3) is 12.8. The molecule has 1 aliphatic heterocycles. The Labute approximate surface area is 367 Å². The van der Waals surface area contributed by atoms with Crippen molar-refractivity contribution < 1.29 is 34.1 Å². The molecular formula is C52H76N2O7. The molecule has 5 rings (SSSR count). The maximum atomic E-state index is 14.8. The van der Waals surface area contributed by atoms with Crippen LogP contribution in [-0.2, 0) is 21.0 Å². The number of carbonyl (C=O) groups is 1. The van der Waals surface area contributed by atoms with Gasteiger partial charge in [0.15, 0.2) is 0 Å². The van der Waals surface area contributed by atoms with Crippen LogP contribution in [0.25, 0.3) is 0 Å². The first-order valence-electron chi connectivity index (χ1n) is 23.7. The van der Waals surface area contributed by atoms with E-state index in [2.05, 4.69) is 44.0 Å². The summed E-state index contributed by atoms with van der Waals surface area (Å²) in [6.07, 6.45) is 23.2. The Morgan fingerprint density at radius 3 is 2.26 bits per heavy atom. The van der Waals surface area contributed by atoms with E-state index in [9.17, 15) is 15.0 Å². The number of benzene rings is 2. The van der Waals surface area contributed by atoms with Gasteiger partial charge in [0, 0.05) is 44.1 Å². The zero-order valence-electron chi connectivity index (χ0n) is 37.5. The van der Waals surface area contributed by atoms with E-state index in [1.807, 2.05) is 42.5 Å². The highest BCUT2D eigenvalue weighted by atomic mass is 16.7. The fourth-order valence-corrected chi connectivity index (χ4v) is 10.1. The third-order valence-corrected chi connectivity index (χ3v) is 12.9. The van der Waals surface area contributed by atoms with Gasteiger partial charge >= 0.3 is 0 Å². The Morgan fingerprint density at radius 1 is 0.869 bits per heavy atom. The van der Waals surface area contributed by atoms with Crippen LogP contribution < -0.4 is 9.47 Å². The number of nitrogens with zero attached hydrogens (tertiary/aromatic N) is 2. The van der Waals surface area contributed by atoms with Crippen LogP contribution in [0.4, 0.5) is 0 Å². The lowest BCUT2D eigenvalue weighted by molar-refractivity contribution is -0.257. The zero-order valence-corrected chi connectivity index (χ0v) is 37.5. The van der Waals surface area contributed by atoms with E-state index in [0.717, 1.165) is 91.7 Å². The molecule has 2 aliphatic carbocycles. The van der Waals surface area contributed by atoms with Crippen molar-refractivity contribution in [3.8, 4) is 11.5 Å². The summed E-state index contributed by atoms with van der Waals surface area (Å²) in [4.78, 5) is 23.1. The molecule has 3 aliphatic rings. The molecule has 0 radical (unpaired) electrons. The minimum absolute atomic E-state index is 0.100. The summed E-state index contributed by atoms with van der Waals surface area (Å²) in [6.45, 7) is 14.1. The predicted octanol–water partition coefficient (Wildman–Crippen LogP) is 11.2. The lowest BCUT2D eigenvalue weighted by Gasteiger charge is -2.60. The molecule has 1 fully saturated rings. The molecule has 6 unspecified atom stereocenters. The number of hydrogen-bond donors (Lipinski definition) is 2. The highest BCUT2D eigenvalue weighted by Crippen LogP contribution is 2.62. The molecule has 61 heavy (non-hydrogen) atoms. The van der Waals surface area contributed by atoms with Crippen molar-refractivity contribution >= 4 is 11.6 Å². The number of rotatable bonds is 30. The first-order chi connectivity index (χ1) is 30.0. The lowest BCUT2D eigenvalue weighted by Crippen LogP contribution is -2.70. The van der Waals surface area contributed by atoms with Gasteiger partial charge in [-0.1, -0.05) is 138 Å². The molecule has 2 aromatic carbocycles. The summed E-state index contributed by atoms with van der Waals surface area (Å²) < 4.78 is 20.7. The molecule has 0 saturated heterocycles. The number of carbonyl (C=O) groups excluding carboxylic acids is 1. The largest absolute Gasteiger partial charge is 0.490 e. The van der Waals surface area contributed by atoms with Crippen LogP contribution in [0.3, 0.4) is 0 Å². The molecule has 2 aromatic rings. The van der Waals surface area contributed by atoms with Crippen molar-refractivity contribution in [2.24, 2.45) is 22.9 Å². The van der Waals surface area contributed by atoms with Crippen molar-refractivity contribution in [1.29, 1.82) is 0 Å². The Kier molecular flexibility index (Phi) is 20.4. The molecule has 1 heterocycles. The molecule has 1 saturated carbocycles. The van der Waals surface area contributed by atoms with Gasteiger partial charge < -0.3 is 34.2 Å². The minimum Gasteiger partial charge on any atom is -0.490 e. The van der Waals surface area contributed by atoms with Crippen LogP contribution in [0.2, 0.25) is 0 Å². The van der Waals surface area contributed by atoms with Crippen LogP contribution in [-0.4, -0.2) is 71.5 Å². The maximum absolute atomic E-state index is 14.8. The number of aliphatic hydroxyl groups is 2. The number of unbranched alkanes of at least 4 members (excludes halogenated alkanes) is 10.